The molecule has 0 aromatic rings. The van der Waals surface area contributed by atoms with Crippen molar-refractivity contribution < 1.29 is 28.6 Å². The van der Waals surface area contributed by atoms with E-state index in [0.29, 0.717) is 19.3 Å². The van der Waals surface area contributed by atoms with Crippen LogP contribution in [-0.2, 0) is 28.6 Å². The van der Waals surface area contributed by atoms with Gasteiger partial charge in [-0.3, -0.25) is 14.4 Å². The first-order chi connectivity index (χ1) is 38.5. The summed E-state index contributed by atoms with van der Waals surface area (Å²) in [7, 11) is 0. The van der Waals surface area contributed by atoms with Gasteiger partial charge in [0.2, 0.25) is 0 Å². The molecular weight excluding hydrogens is 961 g/mol. The van der Waals surface area contributed by atoms with Gasteiger partial charge in [-0.2, -0.15) is 0 Å². The van der Waals surface area contributed by atoms with Crippen LogP contribution in [0.1, 0.15) is 348 Å². The normalized spacial score (nSPS) is 12.5. The molecule has 0 spiro atoms. The predicted molar refractivity (Wildman–Crippen MR) is 339 cm³/mol. The van der Waals surface area contributed by atoms with Crippen LogP contribution in [0.3, 0.4) is 0 Å². The Balaban J connectivity index is 4.14. The second kappa shape index (κ2) is 66.4. The molecule has 0 aromatic heterocycles. The predicted octanol–water partition coefficient (Wildman–Crippen LogP) is 23.3. The summed E-state index contributed by atoms with van der Waals surface area (Å²) in [5.74, 6) is -0.872. The molecule has 78 heavy (non-hydrogen) atoms. The fourth-order valence-electron chi connectivity index (χ4n) is 9.81. The molecule has 0 fully saturated rings. The lowest BCUT2D eigenvalue weighted by Crippen LogP contribution is -2.30. The summed E-state index contributed by atoms with van der Waals surface area (Å²) in [5, 5.41) is 0. The molecule has 0 aliphatic heterocycles. The molecule has 0 radical (unpaired) electrons. The Morgan fingerprint density at radius 3 is 0.718 bits per heavy atom. The highest BCUT2D eigenvalue weighted by Gasteiger charge is 2.19. The van der Waals surface area contributed by atoms with Crippen LogP contribution in [0.15, 0.2) is 72.9 Å². The van der Waals surface area contributed by atoms with Gasteiger partial charge in [-0.05, 0) is 96.3 Å². The number of rotatable bonds is 62. The zero-order valence-corrected chi connectivity index (χ0v) is 51.9. The molecule has 6 heteroatoms. The van der Waals surface area contributed by atoms with E-state index in [0.717, 1.165) is 89.9 Å². The minimum absolute atomic E-state index is 0.0756. The van der Waals surface area contributed by atoms with Gasteiger partial charge in [-0.1, -0.05) is 306 Å². The maximum Gasteiger partial charge on any atom is 0.306 e. The summed E-state index contributed by atoms with van der Waals surface area (Å²) in [6.45, 7) is 6.62. The Morgan fingerprint density at radius 1 is 0.256 bits per heavy atom. The highest BCUT2D eigenvalue weighted by Crippen LogP contribution is 2.17. The van der Waals surface area contributed by atoms with Gasteiger partial charge >= 0.3 is 17.9 Å². The summed E-state index contributed by atoms with van der Waals surface area (Å²) in [6.07, 6.45) is 86.5. The molecule has 0 aliphatic carbocycles. The van der Waals surface area contributed by atoms with E-state index in [2.05, 4.69) is 93.7 Å². The van der Waals surface area contributed by atoms with E-state index < -0.39 is 6.10 Å². The Bertz CT molecular complexity index is 1440. The third-order valence-electron chi connectivity index (χ3n) is 14.9. The molecule has 0 aliphatic rings. The minimum Gasteiger partial charge on any atom is -0.462 e. The van der Waals surface area contributed by atoms with Crippen molar-refractivity contribution in [3.05, 3.63) is 72.9 Å². The third-order valence-corrected chi connectivity index (χ3v) is 14.9. The van der Waals surface area contributed by atoms with Crippen LogP contribution in [0.5, 0.6) is 0 Å². The van der Waals surface area contributed by atoms with E-state index in [4.69, 9.17) is 14.2 Å². The number of hydrogen-bond acceptors (Lipinski definition) is 6. The van der Waals surface area contributed by atoms with E-state index in [1.165, 1.54) is 218 Å². The van der Waals surface area contributed by atoms with Crippen molar-refractivity contribution in [2.75, 3.05) is 13.2 Å². The third kappa shape index (κ3) is 63.7. The van der Waals surface area contributed by atoms with Crippen molar-refractivity contribution >= 4 is 17.9 Å². The van der Waals surface area contributed by atoms with E-state index in [1.54, 1.807) is 0 Å². The molecule has 0 aromatic carbocycles. The minimum atomic E-state index is -0.778. The second-order valence-corrected chi connectivity index (χ2v) is 22.7. The van der Waals surface area contributed by atoms with Crippen LogP contribution >= 0.6 is 0 Å². The van der Waals surface area contributed by atoms with E-state index in [-0.39, 0.29) is 31.1 Å². The zero-order chi connectivity index (χ0) is 56.4. The first kappa shape index (κ1) is 74.8. The Hall–Kier alpha value is -3.15. The Labute approximate surface area is 484 Å². The fraction of sp³-hybridized carbons (Fsp3) is 0.792. The van der Waals surface area contributed by atoms with Gasteiger partial charge in [0.15, 0.2) is 6.10 Å². The smallest absolute Gasteiger partial charge is 0.306 e. The molecule has 0 N–H and O–H groups in total. The van der Waals surface area contributed by atoms with Gasteiger partial charge in [-0.15, -0.1) is 0 Å². The fourth-order valence-corrected chi connectivity index (χ4v) is 9.81. The van der Waals surface area contributed by atoms with Gasteiger partial charge in [0.25, 0.3) is 0 Å². The summed E-state index contributed by atoms with van der Waals surface area (Å²) in [4.78, 5) is 38.2. The Kier molecular flexibility index (Phi) is 63.7. The molecule has 0 saturated carbocycles. The van der Waals surface area contributed by atoms with Crippen LogP contribution in [-0.4, -0.2) is 37.2 Å². The monoisotopic (exact) mass is 1090 g/mol. The number of hydrogen-bond donors (Lipinski definition) is 0. The molecule has 1 atom stereocenters. The van der Waals surface area contributed by atoms with Gasteiger partial charge < -0.3 is 14.2 Å². The van der Waals surface area contributed by atoms with Crippen LogP contribution in [0.25, 0.3) is 0 Å². The quantitative estimate of drug-likeness (QED) is 0.0261. The first-order valence-corrected chi connectivity index (χ1v) is 33.9. The summed E-state index contributed by atoms with van der Waals surface area (Å²) >= 11 is 0. The van der Waals surface area contributed by atoms with Crippen molar-refractivity contribution in [2.24, 2.45) is 0 Å². The molecule has 6 nitrogen and oxygen atoms in total. The van der Waals surface area contributed by atoms with Crippen LogP contribution < -0.4 is 0 Å². The number of carbonyl (C=O) groups is 3. The highest BCUT2D eigenvalue weighted by molar-refractivity contribution is 5.71. The maximum absolute atomic E-state index is 12.9. The average molecular weight is 1090 g/mol. The zero-order valence-electron chi connectivity index (χ0n) is 51.9. The molecule has 0 saturated heterocycles. The van der Waals surface area contributed by atoms with Crippen LogP contribution in [0, 0.1) is 0 Å². The number of allylic oxidation sites excluding steroid dienone is 12. The lowest BCUT2D eigenvalue weighted by atomic mass is 10.0. The number of ether oxygens (including phenoxy) is 3. The van der Waals surface area contributed by atoms with Gasteiger partial charge in [-0.25, -0.2) is 0 Å². The van der Waals surface area contributed by atoms with Crippen molar-refractivity contribution in [3.63, 3.8) is 0 Å². The summed E-state index contributed by atoms with van der Waals surface area (Å²) < 4.78 is 16.9. The number of unbranched alkanes of at least 4 members (excludes halogenated alkanes) is 39. The molecule has 0 bridgehead atoms. The van der Waals surface area contributed by atoms with E-state index in [1.807, 2.05) is 0 Å². The molecule has 452 valence electrons. The maximum atomic E-state index is 12.9. The van der Waals surface area contributed by atoms with Gasteiger partial charge in [0.05, 0.1) is 0 Å². The van der Waals surface area contributed by atoms with Crippen molar-refractivity contribution in [3.8, 4) is 0 Å². The van der Waals surface area contributed by atoms with Crippen LogP contribution in [0.2, 0.25) is 0 Å². The molecule has 0 rings (SSSR count). The highest BCUT2D eigenvalue weighted by atomic mass is 16.6. The molecule has 1 unspecified atom stereocenters. The molecule has 0 heterocycles. The van der Waals surface area contributed by atoms with Crippen molar-refractivity contribution in [2.45, 2.75) is 354 Å². The van der Waals surface area contributed by atoms with Crippen molar-refractivity contribution in [1.82, 2.24) is 0 Å². The SMILES string of the molecule is CCCCCCC/C=C\C/C=C\C/C=C\CCCCCCCCCCCCCCCCC(=O)OCC(COC(=O)CCCCCCCCCC)OC(=O)CCCCCCCCCC/C=C\C/C=C\C/C=C\CCCCCCC. The van der Waals surface area contributed by atoms with Crippen LogP contribution in [0.4, 0.5) is 0 Å². The standard InChI is InChI=1S/C72H128O6/c1-4-7-10-13-16-19-21-23-25-27-29-31-33-34-35-36-37-38-40-41-43-45-47-49-51-53-56-59-62-65-71(74)77-68-69(67-76-70(73)64-61-58-55-18-15-12-9-6-3)78-72(75)66-63-60-57-54-52-50-48-46-44-42-39-32-30-28-26-24-22-20-17-14-11-8-5-2/h21-24,27-30,33-34,39,42,69H,4-20,25-26,31-32,35-38,40-41,43-68H2,1-3H3/b23-21-,24-22-,29-27-,30-28-,34-33-,42-39-. The topological polar surface area (TPSA) is 78.9 Å². The summed E-state index contributed by atoms with van der Waals surface area (Å²) in [6, 6.07) is 0. The number of esters is 3. The van der Waals surface area contributed by atoms with E-state index >= 15 is 0 Å². The molecular formula is C72H128O6. The molecule has 0 amide bonds. The van der Waals surface area contributed by atoms with Crippen molar-refractivity contribution in [1.29, 1.82) is 0 Å². The van der Waals surface area contributed by atoms with E-state index in [9.17, 15) is 14.4 Å². The largest absolute Gasteiger partial charge is 0.462 e. The van der Waals surface area contributed by atoms with Gasteiger partial charge in [0.1, 0.15) is 13.2 Å². The lowest BCUT2D eigenvalue weighted by Gasteiger charge is -2.18. The van der Waals surface area contributed by atoms with Gasteiger partial charge in [0, 0.05) is 19.3 Å². The average Bonchev–Trinajstić information content (AvgIpc) is 3.44. The Morgan fingerprint density at radius 2 is 0.462 bits per heavy atom. The second-order valence-electron chi connectivity index (χ2n) is 22.7. The first-order valence-electron chi connectivity index (χ1n) is 33.9. The lowest BCUT2D eigenvalue weighted by molar-refractivity contribution is -0.167. The number of carbonyl (C=O) groups excluding carboxylic acids is 3. The summed E-state index contributed by atoms with van der Waals surface area (Å²) in [5.41, 5.74) is 0.